The summed E-state index contributed by atoms with van der Waals surface area (Å²) in [6, 6.07) is -0.944. The molecule has 1 atom stereocenters. The average molecular weight is 386 g/mol. The summed E-state index contributed by atoms with van der Waals surface area (Å²) in [4.78, 5) is 27.6. The third-order valence-electron chi connectivity index (χ3n) is 4.75. The minimum atomic E-state index is -3.69. The molecule has 0 saturated carbocycles. The molecular formula is C16H26N4O5S. The van der Waals surface area contributed by atoms with Gasteiger partial charge in [-0.3, -0.25) is 4.79 Å². The van der Waals surface area contributed by atoms with Crippen molar-refractivity contribution in [3.05, 3.63) is 12.0 Å². The summed E-state index contributed by atoms with van der Waals surface area (Å²) in [5.74, 6) is -1.43. The summed E-state index contributed by atoms with van der Waals surface area (Å²) in [6.07, 6.45) is 2.17. The van der Waals surface area contributed by atoms with Crippen LogP contribution in [0.25, 0.3) is 0 Å². The number of aromatic nitrogens is 2. The number of carbonyl (C=O) groups excluding carboxylic acids is 1. The first kappa shape index (κ1) is 20.4. The molecule has 9 nitrogen and oxygen atoms in total. The van der Waals surface area contributed by atoms with E-state index in [1.807, 2.05) is 0 Å². The minimum Gasteiger partial charge on any atom is -0.480 e. The van der Waals surface area contributed by atoms with Crippen LogP contribution in [-0.2, 0) is 26.7 Å². The van der Waals surface area contributed by atoms with Crippen LogP contribution < -0.4 is 5.32 Å². The zero-order valence-electron chi connectivity index (χ0n) is 15.5. The first-order valence-corrected chi connectivity index (χ1v) is 10.0. The SMILES string of the molecule is Cc1nc(S(=O)(=O)N2CCC(C(=O)N[C@@H](C(=O)O)C(C)C)CC2)cn1C. The largest absolute Gasteiger partial charge is 0.480 e. The quantitative estimate of drug-likeness (QED) is 0.728. The second-order valence-electron chi connectivity index (χ2n) is 6.98. The number of sulfonamides is 1. The van der Waals surface area contributed by atoms with Gasteiger partial charge in [-0.25, -0.2) is 18.2 Å². The second-order valence-corrected chi connectivity index (χ2v) is 8.87. The van der Waals surface area contributed by atoms with E-state index in [2.05, 4.69) is 10.3 Å². The molecule has 0 aromatic carbocycles. The van der Waals surface area contributed by atoms with E-state index in [9.17, 15) is 23.1 Å². The molecule has 26 heavy (non-hydrogen) atoms. The maximum Gasteiger partial charge on any atom is 0.326 e. The van der Waals surface area contributed by atoms with Gasteiger partial charge in [-0.1, -0.05) is 13.8 Å². The zero-order chi connectivity index (χ0) is 19.6. The number of piperidine rings is 1. The van der Waals surface area contributed by atoms with Crippen LogP contribution in [0.1, 0.15) is 32.5 Å². The van der Waals surface area contributed by atoms with Crippen LogP contribution in [0.5, 0.6) is 0 Å². The van der Waals surface area contributed by atoms with Crippen LogP contribution in [-0.4, -0.2) is 58.4 Å². The third kappa shape index (κ3) is 4.24. The molecule has 2 rings (SSSR count). The number of carboxylic acid groups (broad SMARTS) is 1. The van der Waals surface area contributed by atoms with Crippen molar-refractivity contribution in [3.63, 3.8) is 0 Å². The van der Waals surface area contributed by atoms with Crippen molar-refractivity contribution in [1.29, 1.82) is 0 Å². The Hall–Kier alpha value is -1.94. The van der Waals surface area contributed by atoms with Gasteiger partial charge in [0.15, 0.2) is 5.03 Å². The molecule has 10 heteroatoms. The predicted molar refractivity (Wildman–Crippen MR) is 93.8 cm³/mol. The minimum absolute atomic E-state index is 0.00569. The summed E-state index contributed by atoms with van der Waals surface area (Å²) < 4.78 is 28.3. The van der Waals surface area contributed by atoms with Crippen molar-refractivity contribution in [2.75, 3.05) is 13.1 Å². The average Bonchev–Trinajstić information content (AvgIpc) is 2.91. The highest BCUT2D eigenvalue weighted by Gasteiger charge is 2.35. The molecule has 0 spiro atoms. The van der Waals surface area contributed by atoms with Gasteiger partial charge in [-0.05, 0) is 25.7 Å². The number of imidazole rings is 1. The van der Waals surface area contributed by atoms with Gasteiger partial charge >= 0.3 is 5.97 Å². The first-order valence-electron chi connectivity index (χ1n) is 8.57. The fourth-order valence-corrected chi connectivity index (χ4v) is 4.42. The molecule has 0 radical (unpaired) electrons. The molecule has 1 amide bonds. The normalized spacial score (nSPS) is 18.0. The van der Waals surface area contributed by atoms with Gasteiger partial charge in [0.25, 0.3) is 10.0 Å². The van der Waals surface area contributed by atoms with Gasteiger partial charge in [0.2, 0.25) is 5.91 Å². The van der Waals surface area contributed by atoms with E-state index >= 15 is 0 Å². The number of carboxylic acids is 1. The van der Waals surface area contributed by atoms with Gasteiger partial charge < -0.3 is 15.0 Å². The van der Waals surface area contributed by atoms with Crippen LogP contribution in [0.3, 0.4) is 0 Å². The molecule has 1 fully saturated rings. The van der Waals surface area contributed by atoms with E-state index in [4.69, 9.17) is 0 Å². The van der Waals surface area contributed by atoms with E-state index in [0.29, 0.717) is 18.7 Å². The van der Waals surface area contributed by atoms with Crippen LogP contribution in [0.2, 0.25) is 0 Å². The van der Waals surface area contributed by atoms with Gasteiger partial charge in [-0.2, -0.15) is 4.31 Å². The van der Waals surface area contributed by atoms with Crippen molar-refractivity contribution < 1.29 is 23.1 Å². The lowest BCUT2D eigenvalue weighted by molar-refractivity contribution is -0.144. The number of aryl methyl sites for hydroxylation is 2. The molecule has 0 unspecified atom stereocenters. The summed E-state index contributed by atoms with van der Waals surface area (Å²) in [7, 11) is -1.96. The molecule has 1 aromatic heterocycles. The number of rotatable bonds is 6. The molecule has 1 aliphatic heterocycles. The fourth-order valence-electron chi connectivity index (χ4n) is 2.93. The summed E-state index contributed by atoms with van der Waals surface area (Å²) in [6.45, 7) is 5.58. The van der Waals surface area contributed by atoms with Crippen LogP contribution >= 0.6 is 0 Å². The summed E-state index contributed by atoms with van der Waals surface area (Å²) >= 11 is 0. The molecule has 1 aromatic rings. The fraction of sp³-hybridized carbons (Fsp3) is 0.688. The summed E-state index contributed by atoms with van der Waals surface area (Å²) in [5.41, 5.74) is 0. The van der Waals surface area contributed by atoms with E-state index in [1.54, 1.807) is 32.4 Å². The van der Waals surface area contributed by atoms with Crippen LogP contribution in [0.4, 0.5) is 0 Å². The maximum absolute atomic E-state index is 12.7. The van der Waals surface area contributed by atoms with Crippen molar-refractivity contribution in [1.82, 2.24) is 19.2 Å². The third-order valence-corrected chi connectivity index (χ3v) is 6.52. The first-order chi connectivity index (χ1) is 12.0. The molecule has 2 N–H and O–H groups in total. The zero-order valence-corrected chi connectivity index (χ0v) is 16.3. The number of hydrogen-bond acceptors (Lipinski definition) is 5. The van der Waals surface area contributed by atoms with Crippen molar-refractivity contribution >= 4 is 21.9 Å². The molecule has 1 aliphatic rings. The highest BCUT2D eigenvalue weighted by molar-refractivity contribution is 7.89. The standard InChI is InChI=1S/C16H26N4O5S/c1-10(2)14(16(22)23)18-15(21)12-5-7-20(8-6-12)26(24,25)13-9-19(4)11(3)17-13/h9-10,12,14H,5-8H2,1-4H3,(H,18,21)(H,22,23)/t14-/m1/s1. The Balaban J connectivity index is 2.00. The summed E-state index contributed by atoms with van der Waals surface area (Å²) in [5, 5.41) is 11.7. The van der Waals surface area contributed by atoms with Crippen LogP contribution in [0.15, 0.2) is 11.2 Å². The van der Waals surface area contributed by atoms with Gasteiger partial charge in [-0.15, -0.1) is 0 Å². The number of aliphatic carboxylic acids is 1. The topological polar surface area (TPSA) is 122 Å². The Morgan fingerprint density at radius 1 is 1.31 bits per heavy atom. The number of nitrogens with one attached hydrogen (secondary N) is 1. The maximum atomic E-state index is 12.7. The monoisotopic (exact) mass is 386 g/mol. The Labute approximate surface area is 153 Å². The Kier molecular flexibility index (Phi) is 6.07. The van der Waals surface area contributed by atoms with Crippen molar-refractivity contribution in [2.45, 2.75) is 44.7 Å². The second kappa shape index (κ2) is 7.75. The molecule has 1 saturated heterocycles. The molecule has 0 aliphatic carbocycles. The highest BCUT2D eigenvalue weighted by atomic mass is 32.2. The molecular weight excluding hydrogens is 360 g/mol. The van der Waals surface area contributed by atoms with E-state index < -0.39 is 28.0 Å². The Morgan fingerprint density at radius 2 is 1.88 bits per heavy atom. The lowest BCUT2D eigenvalue weighted by Crippen LogP contribution is -2.49. The lowest BCUT2D eigenvalue weighted by atomic mass is 9.95. The molecule has 0 bridgehead atoms. The number of carbonyl (C=O) groups is 2. The molecule has 2 heterocycles. The van der Waals surface area contributed by atoms with Crippen LogP contribution in [0, 0.1) is 18.8 Å². The van der Waals surface area contributed by atoms with Crippen molar-refractivity contribution in [2.24, 2.45) is 18.9 Å². The van der Waals surface area contributed by atoms with E-state index in [0.717, 1.165) is 0 Å². The van der Waals surface area contributed by atoms with E-state index in [1.165, 1.54) is 10.5 Å². The van der Waals surface area contributed by atoms with Gasteiger partial charge in [0.05, 0.1) is 0 Å². The predicted octanol–water partition coefficient (Wildman–Crippen LogP) is 0.355. The lowest BCUT2D eigenvalue weighted by Gasteiger charge is -2.31. The van der Waals surface area contributed by atoms with Crippen molar-refractivity contribution in [3.8, 4) is 0 Å². The van der Waals surface area contributed by atoms with Gasteiger partial charge in [0.1, 0.15) is 11.9 Å². The number of amides is 1. The van der Waals surface area contributed by atoms with E-state index in [-0.39, 0.29) is 29.9 Å². The molecule has 146 valence electrons. The highest BCUT2D eigenvalue weighted by Crippen LogP contribution is 2.24. The smallest absolute Gasteiger partial charge is 0.326 e. The number of nitrogens with zero attached hydrogens (tertiary/aromatic N) is 3. The van der Waals surface area contributed by atoms with Gasteiger partial charge in [0, 0.05) is 32.3 Å². The number of hydrogen-bond donors (Lipinski definition) is 2. The Bertz CT molecular complexity index is 759. The Morgan fingerprint density at radius 3 is 2.31 bits per heavy atom.